The number of rotatable bonds is 23. The number of unbranched alkanes of at least 4 members (excludes halogenated alkanes) is 2. The van der Waals surface area contributed by atoms with Gasteiger partial charge in [0.2, 0.25) is 17.7 Å². The van der Waals surface area contributed by atoms with Crippen molar-refractivity contribution in [3.63, 3.8) is 0 Å². The normalized spacial score (nSPS) is 17.0. The lowest BCUT2D eigenvalue weighted by Gasteiger charge is -2.26. The first-order valence-corrected chi connectivity index (χ1v) is 27.7. The Morgan fingerprint density at radius 2 is 1.31 bits per heavy atom. The molecule has 5 atom stereocenters. The SMILES string of the molecule is CCC.CCCCC(N=O)C(=O)CCCCC(=O)NCC(=O)NC(C)C(=O)Nc1cc(COc2cc3c(cc2OC)C(=O)N2c4ccccc4CC2CN3)cc(COc2cc3c(cc2OC)C(=O)N2c4ccccc4CC2[C@@H](O)N3)c1. The average molecular weight is 1110 g/mol. The number of fused-ring (bicyclic) bond motifs is 8. The molecule has 0 radical (unpaired) electrons. The summed E-state index contributed by atoms with van der Waals surface area (Å²) in [5.74, 6) is -1.06. The fourth-order valence-electron chi connectivity index (χ4n) is 10.5. The summed E-state index contributed by atoms with van der Waals surface area (Å²) in [4.78, 5) is 94.4. The highest BCUT2D eigenvalue weighted by molar-refractivity contribution is 6.13. The van der Waals surface area contributed by atoms with Crippen LogP contribution < -0.4 is 55.3 Å². The molecule has 4 aliphatic rings. The van der Waals surface area contributed by atoms with Gasteiger partial charge in [0, 0.05) is 48.6 Å². The molecule has 4 unspecified atom stereocenters. The van der Waals surface area contributed by atoms with Crippen LogP contribution in [-0.4, -0.2) is 98.1 Å². The zero-order valence-electron chi connectivity index (χ0n) is 46.7. The molecule has 9 rings (SSSR count). The number of anilines is 5. The summed E-state index contributed by atoms with van der Waals surface area (Å²) in [6.07, 6.45) is 4.29. The van der Waals surface area contributed by atoms with E-state index < -0.39 is 42.1 Å². The van der Waals surface area contributed by atoms with E-state index in [2.05, 4.69) is 45.6 Å². The first-order valence-electron chi connectivity index (χ1n) is 27.7. The highest BCUT2D eigenvalue weighted by Crippen LogP contribution is 2.43. The minimum absolute atomic E-state index is 0.0352. The summed E-state index contributed by atoms with van der Waals surface area (Å²) in [7, 11) is 2.96. The molecule has 5 aromatic rings. The van der Waals surface area contributed by atoms with Gasteiger partial charge in [0.1, 0.15) is 31.5 Å². The van der Waals surface area contributed by atoms with Crippen molar-refractivity contribution >= 4 is 63.8 Å². The number of methoxy groups -OCH3 is 2. The van der Waals surface area contributed by atoms with Crippen LogP contribution in [0.1, 0.15) is 122 Å². The van der Waals surface area contributed by atoms with Crippen LogP contribution in [0.15, 0.2) is 96.2 Å². The second-order valence-corrected chi connectivity index (χ2v) is 20.6. The van der Waals surface area contributed by atoms with Gasteiger partial charge in [-0.25, -0.2) is 0 Å². The minimum atomic E-state index is -1.10. The maximum absolute atomic E-state index is 14.2. The highest BCUT2D eigenvalue weighted by atomic mass is 16.5. The van der Waals surface area contributed by atoms with E-state index in [1.807, 2.05) is 66.4 Å². The molecule has 5 amide bonds. The quantitative estimate of drug-likeness (QED) is 0.0265. The third kappa shape index (κ3) is 13.7. The largest absolute Gasteiger partial charge is 0.493 e. The van der Waals surface area contributed by atoms with Gasteiger partial charge >= 0.3 is 0 Å². The Morgan fingerprint density at radius 1 is 0.728 bits per heavy atom. The molecule has 0 fully saturated rings. The number of amides is 5. The number of carbonyl (C=O) groups excluding carboxylic acids is 6. The molecule has 0 saturated heterocycles. The van der Waals surface area contributed by atoms with E-state index in [-0.39, 0.29) is 73.3 Å². The monoisotopic (exact) mass is 1110 g/mol. The molecule has 0 aromatic heterocycles. The first kappa shape index (κ1) is 58.6. The van der Waals surface area contributed by atoms with Gasteiger partial charge in [-0.1, -0.05) is 81.6 Å². The Labute approximate surface area is 471 Å². The number of hydrogen-bond donors (Lipinski definition) is 6. The summed E-state index contributed by atoms with van der Waals surface area (Å²) in [5.41, 5.74) is 6.84. The molecular weight excluding hydrogens is 1040 g/mol. The zero-order chi connectivity index (χ0) is 57.7. The molecule has 0 saturated carbocycles. The molecule has 20 heteroatoms. The Bertz CT molecular complexity index is 3150. The van der Waals surface area contributed by atoms with Crippen molar-refractivity contribution in [2.75, 3.05) is 53.1 Å². The summed E-state index contributed by atoms with van der Waals surface area (Å²) < 4.78 is 24.4. The number of hydrogen-bond acceptors (Lipinski definition) is 15. The Balaban J connectivity index is 0.00000281. The lowest BCUT2D eigenvalue weighted by Crippen LogP contribution is -2.45. The van der Waals surface area contributed by atoms with Crippen LogP contribution in [-0.2, 0) is 45.2 Å². The molecular formula is C61H72N8O12. The second kappa shape index (κ2) is 27.1. The topological polar surface area (TPSA) is 256 Å². The average Bonchev–Trinajstić information content (AvgIpc) is 4.23. The number of benzene rings is 5. The number of Topliss-reactive ketones (excluding diaryl/α,β-unsaturated/α-hetero) is 1. The lowest BCUT2D eigenvalue weighted by atomic mass is 10.0. The van der Waals surface area contributed by atoms with Gasteiger partial charge in [0.25, 0.3) is 11.8 Å². The van der Waals surface area contributed by atoms with E-state index >= 15 is 0 Å². The van der Waals surface area contributed by atoms with Crippen LogP contribution in [0.5, 0.6) is 23.0 Å². The molecule has 81 heavy (non-hydrogen) atoms. The molecule has 0 bridgehead atoms. The van der Waals surface area contributed by atoms with Crippen LogP contribution >= 0.6 is 0 Å². The number of nitrogens with one attached hydrogen (secondary N) is 5. The fourth-order valence-corrected chi connectivity index (χ4v) is 10.5. The van der Waals surface area contributed by atoms with Gasteiger partial charge in [-0.3, -0.25) is 28.8 Å². The number of aliphatic hydroxyl groups excluding tert-OH is 1. The van der Waals surface area contributed by atoms with Gasteiger partial charge in [-0.15, -0.1) is 0 Å². The van der Waals surface area contributed by atoms with Crippen LogP contribution in [0, 0.1) is 4.91 Å². The van der Waals surface area contributed by atoms with Gasteiger partial charge in [0.05, 0.1) is 55.3 Å². The van der Waals surface area contributed by atoms with Crippen molar-refractivity contribution in [3.8, 4) is 23.0 Å². The summed E-state index contributed by atoms with van der Waals surface area (Å²) >= 11 is 0. The number of ketones is 1. The number of aliphatic hydroxyl groups is 1. The van der Waals surface area contributed by atoms with Crippen LogP contribution in [0.3, 0.4) is 0 Å². The van der Waals surface area contributed by atoms with Gasteiger partial charge in [0.15, 0.2) is 28.8 Å². The van der Waals surface area contributed by atoms with Gasteiger partial charge < -0.3 is 60.4 Å². The Hall–Kier alpha value is -8.52. The standard InChI is InChI=1S/C58H64N8O12.C3H8/c1-5-6-15-42(64-74)48(67)18-11-12-19-53(68)60-30-54(69)61-33(2)55(70)62-38-21-34(31-77-51-27-43-40(25-49(51)75-3)57(72)65-39(29-59-43)23-36-13-7-9-16-45(36)65)20-35(22-38)32-78-52-28-44-41(26-50(52)76-4)58(73)66-46-17-10-8-14-37(46)24-47(66)56(71)63-44;1-3-2/h7-10,13-14,16-17,20-22,25-28,33,39,42,47,56,59,63,71H,5-6,11-12,15,18-19,23-24,29-32H2,1-4H3,(H,60,68)(H,61,69)(H,62,70);3H2,1-2H3/t33?,39?,42?,47?,56-;/m1./s1. The molecule has 4 aliphatic heterocycles. The van der Waals surface area contributed by atoms with E-state index in [4.69, 9.17) is 18.9 Å². The van der Waals surface area contributed by atoms with Crippen LogP contribution in [0.4, 0.5) is 28.4 Å². The second-order valence-electron chi connectivity index (χ2n) is 20.6. The number of ether oxygens (including phenoxy) is 4. The smallest absolute Gasteiger partial charge is 0.260 e. The number of carbonyl (C=O) groups is 6. The summed E-state index contributed by atoms with van der Waals surface area (Å²) in [6, 6.07) is 24.7. The highest BCUT2D eigenvalue weighted by Gasteiger charge is 2.42. The van der Waals surface area contributed by atoms with Gasteiger partial charge in [-0.05, 0) is 104 Å². The van der Waals surface area contributed by atoms with Gasteiger partial charge in [-0.2, -0.15) is 4.91 Å². The van der Waals surface area contributed by atoms with Crippen molar-refractivity contribution in [2.45, 2.75) is 136 Å². The third-order valence-corrected chi connectivity index (χ3v) is 14.5. The van der Waals surface area contributed by atoms with E-state index in [9.17, 15) is 38.8 Å². The third-order valence-electron chi connectivity index (χ3n) is 14.5. The Kier molecular flexibility index (Phi) is 19.6. The zero-order valence-corrected chi connectivity index (χ0v) is 46.7. The van der Waals surface area contributed by atoms with Crippen molar-refractivity contribution < 1.29 is 52.8 Å². The molecule has 6 N–H and O–H groups in total. The predicted molar refractivity (Wildman–Crippen MR) is 308 cm³/mol. The first-order chi connectivity index (χ1) is 39.2. The number of para-hydroxylation sites is 2. The molecule has 20 nitrogen and oxygen atoms in total. The fraction of sp³-hybridized carbons (Fsp3) is 0.410. The number of nitrogens with zero attached hydrogens (tertiary/aromatic N) is 3. The molecule has 5 aromatic carbocycles. The van der Waals surface area contributed by atoms with E-state index in [0.717, 1.165) is 41.8 Å². The molecule has 4 heterocycles. The maximum atomic E-state index is 14.2. The van der Waals surface area contributed by atoms with E-state index in [0.29, 0.717) is 77.5 Å². The maximum Gasteiger partial charge on any atom is 0.260 e. The van der Waals surface area contributed by atoms with Crippen molar-refractivity contribution in [1.29, 1.82) is 0 Å². The van der Waals surface area contributed by atoms with E-state index in [1.165, 1.54) is 27.6 Å². The van der Waals surface area contributed by atoms with Crippen molar-refractivity contribution in [2.24, 2.45) is 5.18 Å². The summed E-state index contributed by atoms with van der Waals surface area (Å²) in [5, 5.41) is 28.9. The summed E-state index contributed by atoms with van der Waals surface area (Å²) in [6.45, 7) is 7.73. The van der Waals surface area contributed by atoms with Crippen LogP contribution in [0.25, 0.3) is 0 Å². The van der Waals surface area contributed by atoms with Crippen LogP contribution in [0.2, 0.25) is 0 Å². The minimum Gasteiger partial charge on any atom is -0.493 e. The predicted octanol–water partition coefficient (Wildman–Crippen LogP) is 8.60. The van der Waals surface area contributed by atoms with Crippen molar-refractivity contribution in [1.82, 2.24) is 10.6 Å². The molecule has 0 spiro atoms. The van der Waals surface area contributed by atoms with E-state index in [1.54, 1.807) is 41.3 Å². The van der Waals surface area contributed by atoms with Crippen molar-refractivity contribution in [3.05, 3.63) is 129 Å². The number of nitroso groups, excluding NO2 is 1. The lowest BCUT2D eigenvalue weighted by molar-refractivity contribution is -0.128. The molecule has 428 valence electrons. The Morgan fingerprint density at radius 3 is 1.94 bits per heavy atom. The molecule has 0 aliphatic carbocycles.